The number of carbonyl (C=O) groups is 2. The molecule has 1 amide bonds. The average Bonchev–Trinajstić information content (AvgIpc) is 2.12. The molecule has 0 rings (SSSR count). The van der Waals surface area contributed by atoms with Gasteiger partial charge in [-0.25, -0.2) is 9.59 Å². The van der Waals surface area contributed by atoms with Gasteiger partial charge in [0.15, 0.2) is 0 Å². The lowest BCUT2D eigenvalue weighted by Gasteiger charge is -2.02. The molecular formula is C9H15NO4. The van der Waals surface area contributed by atoms with E-state index in [4.69, 9.17) is 9.84 Å². The molecule has 5 nitrogen and oxygen atoms in total. The highest BCUT2D eigenvalue weighted by Gasteiger charge is 2.00. The highest BCUT2D eigenvalue weighted by Crippen LogP contribution is 1.95. The van der Waals surface area contributed by atoms with Gasteiger partial charge in [0, 0.05) is 18.5 Å². The first-order valence-electron chi connectivity index (χ1n) is 4.38. The highest BCUT2D eigenvalue weighted by atomic mass is 16.5. The molecule has 0 spiro atoms. The third kappa shape index (κ3) is 6.05. The normalized spacial score (nSPS) is 10.9. The molecule has 0 aliphatic carbocycles. The highest BCUT2D eigenvalue weighted by molar-refractivity contribution is 5.85. The number of hydrogen-bond donors (Lipinski definition) is 2. The maximum Gasteiger partial charge on any atom is 0.407 e. The molecule has 0 heterocycles. The number of ether oxygens (including phenoxy) is 1. The second kappa shape index (κ2) is 6.94. The van der Waals surface area contributed by atoms with Crippen molar-refractivity contribution in [2.45, 2.75) is 20.3 Å². The molecule has 5 heteroatoms. The number of carbonyl (C=O) groups excluding carboxylic acids is 1. The first kappa shape index (κ1) is 12.5. The maximum atomic E-state index is 10.8. The van der Waals surface area contributed by atoms with Crippen molar-refractivity contribution in [3.8, 4) is 0 Å². The van der Waals surface area contributed by atoms with E-state index in [1.807, 2.05) is 0 Å². The molecule has 14 heavy (non-hydrogen) atoms. The smallest absolute Gasteiger partial charge is 0.407 e. The molecule has 80 valence electrons. The van der Waals surface area contributed by atoms with Crippen LogP contribution >= 0.6 is 0 Å². The van der Waals surface area contributed by atoms with E-state index in [0.29, 0.717) is 13.0 Å². The zero-order chi connectivity index (χ0) is 11.0. The van der Waals surface area contributed by atoms with Crippen molar-refractivity contribution in [2.75, 3.05) is 13.2 Å². The minimum Gasteiger partial charge on any atom is -0.478 e. The van der Waals surface area contributed by atoms with Crippen molar-refractivity contribution < 1.29 is 19.4 Å². The largest absolute Gasteiger partial charge is 0.478 e. The van der Waals surface area contributed by atoms with Crippen LogP contribution in [0.15, 0.2) is 11.6 Å². The zero-order valence-corrected chi connectivity index (χ0v) is 8.37. The van der Waals surface area contributed by atoms with Gasteiger partial charge < -0.3 is 15.2 Å². The molecule has 0 aromatic rings. The quantitative estimate of drug-likeness (QED) is 0.517. The number of carboxylic acids is 1. The van der Waals surface area contributed by atoms with Gasteiger partial charge in [-0.1, -0.05) is 6.08 Å². The Morgan fingerprint density at radius 2 is 2.14 bits per heavy atom. The Labute approximate surface area is 82.7 Å². The Balaban J connectivity index is 3.60. The Hall–Kier alpha value is -1.52. The van der Waals surface area contributed by atoms with Gasteiger partial charge in [-0.2, -0.15) is 0 Å². The number of amides is 1. The first-order valence-corrected chi connectivity index (χ1v) is 4.38. The van der Waals surface area contributed by atoms with Crippen LogP contribution in [0.5, 0.6) is 0 Å². The monoisotopic (exact) mass is 201 g/mol. The van der Waals surface area contributed by atoms with Crippen LogP contribution in [0.2, 0.25) is 0 Å². The van der Waals surface area contributed by atoms with Crippen molar-refractivity contribution in [1.29, 1.82) is 0 Å². The predicted octanol–water partition coefficient (Wildman–Crippen LogP) is 1.15. The fraction of sp³-hybridized carbons (Fsp3) is 0.556. The second-order valence-corrected chi connectivity index (χ2v) is 2.65. The summed E-state index contributed by atoms with van der Waals surface area (Å²) in [5.74, 6) is -0.956. The number of hydrogen-bond acceptors (Lipinski definition) is 3. The summed E-state index contributed by atoms with van der Waals surface area (Å²) >= 11 is 0. The van der Waals surface area contributed by atoms with Crippen LogP contribution in [0.4, 0.5) is 4.79 Å². The SMILES string of the molecule is CCNC(=O)OCCC=C(C)C(=O)O. The Bertz CT molecular complexity index is 235. The van der Waals surface area contributed by atoms with Gasteiger partial charge in [-0.3, -0.25) is 0 Å². The van der Waals surface area contributed by atoms with E-state index in [0.717, 1.165) is 0 Å². The lowest BCUT2D eigenvalue weighted by Crippen LogP contribution is -2.23. The Morgan fingerprint density at radius 1 is 1.50 bits per heavy atom. The fourth-order valence-corrected chi connectivity index (χ4v) is 0.710. The van der Waals surface area contributed by atoms with E-state index in [1.54, 1.807) is 6.92 Å². The zero-order valence-electron chi connectivity index (χ0n) is 8.37. The second-order valence-electron chi connectivity index (χ2n) is 2.65. The summed E-state index contributed by atoms with van der Waals surface area (Å²) in [6.45, 7) is 3.99. The van der Waals surface area contributed by atoms with Crippen molar-refractivity contribution in [1.82, 2.24) is 5.32 Å². The first-order chi connectivity index (χ1) is 6.57. The molecular weight excluding hydrogens is 186 g/mol. The molecule has 0 unspecified atom stereocenters. The van der Waals surface area contributed by atoms with E-state index in [2.05, 4.69) is 5.32 Å². The van der Waals surface area contributed by atoms with Crippen molar-refractivity contribution in [3.05, 3.63) is 11.6 Å². The number of rotatable bonds is 5. The molecule has 0 atom stereocenters. The molecule has 0 aliphatic rings. The summed E-state index contributed by atoms with van der Waals surface area (Å²) in [6, 6.07) is 0. The average molecular weight is 201 g/mol. The van der Waals surface area contributed by atoms with Gasteiger partial charge in [-0.15, -0.1) is 0 Å². The van der Waals surface area contributed by atoms with Crippen molar-refractivity contribution in [3.63, 3.8) is 0 Å². The van der Waals surface area contributed by atoms with Gasteiger partial charge in [0.1, 0.15) is 0 Å². The van der Waals surface area contributed by atoms with Crippen LogP contribution in [-0.4, -0.2) is 30.3 Å². The predicted molar refractivity (Wildman–Crippen MR) is 51.0 cm³/mol. The van der Waals surface area contributed by atoms with Gasteiger partial charge in [0.25, 0.3) is 0 Å². The van der Waals surface area contributed by atoms with Gasteiger partial charge in [0.05, 0.1) is 6.61 Å². The molecule has 0 aliphatic heterocycles. The summed E-state index contributed by atoms with van der Waals surface area (Å²) < 4.78 is 4.73. The minimum atomic E-state index is -0.956. The summed E-state index contributed by atoms with van der Waals surface area (Å²) in [5, 5.41) is 10.9. The van der Waals surface area contributed by atoms with Crippen LogP contribution in [0.25, 0.3) is 0 Å². The van der Waals surface area contributed by atoms with E-state index >= 15 is 0 Å². The minimum absolute atomic E-state index is 0.191. The standard InChI is InChI=1S/C9H15NO4/c1-3-10-9(13)14-6-4-5-7(2)8(11)12/h5H,3-4,6H2,1-2H3,(H,10,13)(H,11,12). The van der Waals surface area contributed by atoms with Crippen LogP contribution in [-0.2, 0) is 9.53 Å². The van der Waals surface area contributed by atoms with E-state index < -0.39 is 12.1 Å². The molecule has 0 fully saturated rings. The number of carboxylic acid groups (broad SMARTS) is 1. The molecule has 0 aromatic heterocycles. The third-order valence-electron chi connectivity index (χ3n) is 1.46. The van der Waals surface area contributed by atoms with Gasteiger partial charge in [-0.05, 0) is 13.8 Å². The number of nitrogens with one attached hydrogen (secondary N) is 1. The summed E-state index contributed by atoms with van der Waals surface area (Å²) in [7, 11) is 0. The van der Waals surface area contributed by atoms with Crippen molar-refractivity contribution >= 4 is 12.1 Å². The van der Waals surface area contributed by atoms with Crippen LogP contribution in [0, 0.1) is 0 Å². The van der Waals surface area contributed by atoms with Crippen LogP contribution < -0.4 is 5.32 Å². The lowest BCUT2D eigenvalue weighted by atomic mass is 10.2. The Kier molecular flexibility index (Phi) is 6.19. The number of alkyl carbamates (subject to hydrolysis) is 1. The number of aliphatic carboxylic acids is 1. The lowest BCUT2D eigenvalue weighted by molar-refractivity contribution is -0.132. The van der Waals surface area contributed by atoms with Gasteiger partial charge in [0.2, 0.25) is 0 Å². The van der Waals surface area contributed by atoms with E-state index in [9.17, 15) is 9.59 Å². The van der Waals surface area contributed by atoms with Crippen molar-refractivity contribution in [2.24, 2.45) is 0 Å². The molecule has 2 N–H and O–H groups in total. The molecule has 0 saturated carbocycles. The Morgan fingerprint density at radius 3 is 2.64 bits per heavy atom. The van der Waals surface area contributed by atoms with E-state index in [-0.39, 0.29) is 12.2 Å². The third-order valence-corrected chi connectivity index (χ3v) is 1.46. The summed E-state index contributed by atoms with van der Waals surface area (Å²) in [6.07, 6.45) is 1.45. The molecule has 0 aromatic carbocycles. The summed E-state index contributed by atoms with van der Waals surface area (Å²) in [4.78, 5) is 21.1. The van der Waals surface area contributed by atoms with Gasteiger partial charge >= 0.3 is 12.1 Å². The topological polar surface area (TPSA) is 75.6 Å². The van der Waals surface area contributed by atoms with Crippen LogP contribution in [0.1, 0.15) is 20.3 Å². The van der Waals surface area contributed by atoms with Crippen LogP contribution in [0.3, 0.4) is 0 Å². The fourth-order valence-electron chi connectivity index (χ4n) is 0.710. The summed E-state index contributed by atoms with van der Waals surface area (Å²) in [5.41, 5.74) is 0.254. The molecule has 0 saturated heterocycles. The molecule has 0 bridgehead atoms. The van der Waals surface area contributed by atoms with E-state index in [1.165, 1.54) is 13.0 Å². The molecule has 0 radical (unpaired) electrons. The maximum absolute atomic E-state index is 10.8.